The van der Waals surface area contributed by atoms with Crippen LogP contribution in [0, 0.1) is 0 Å². The predicted molar refractivity (Wildman–Crippen MR) is 108 cm³/mol. The summed E-state index contributed by atoms with van der Waals surface area (Å²) < 4.78 is 5.03. The Kier molecular flexibility index (Phi) is 5.81. The van der Waals surface area contributed by atoms with Crippen molar-refractivity contribution in [3.05, 3.63) is 70.0 Å². The van der Waals surface area contributed by atoms with Gasteiger partial charge in [-0.15, -0.1) is 11.3 Å². The van der Waals surface area contributed by atoms with Gasteiger partial charge in [0.2, 0.25) is 0 Å². The average molecular weight is 418 g/mol. The normalized spacial score (nSPS) is 10.4. The van der Waals surface area contributed by atoms with Gasteiger partial charge in [-0.25, -0.2) is 0 Å². The van der Waals surface area contributed by atoms with E-state index in [1.54, 1.807) is 50.5 Å². The van der Waals surface area contributed by atoms with Crippen molar-refractivity contribution >= 4 is 51.3 Å². The molecule has 0 radical (unpaired) electrons. The third kappa shape index (κ3) is 4.41. The number of amides is 3. The summed E-state index contributed by atoms with van der Waals surface area (Å²) in [7, 11) is 3.26. The molecule has 2 N–H and O–H groups in total. The molecule has 3 aromatic rings. The highest BCUT2D eigenvalue weighted by Gasteiger charge is 2.16. The quantitative estimate of drug-likeness (QED) is 0.650. The minimum atomic E-state index is -0.397. The van der Waals surface area contributed by atoms with Gasteiger partial charge in [-0.3, -0.25) is 14.4 Å². The number of carbonyl (C=O) groups is 3. The van der Waals surface area contributed by atoms with Crippen LogP contribution < -0.4 is 10.6 Å². The van der Waals surface area contributed by atoms with Crippen molar-refractivity contribution in [2.75, 3.05) is 24.7 Å². The summed E-state index contributed by atoms with van der Waals surface area (Å²) in [5.41, 5.74) is 0.809. The second-order valence-electron chi connectivity index (χ2n) is 5.94. The van der Waals surface area contributed by atoms with E-state index in [-0.39, 0.29) is 22.6 Å². The first-order valence-corrected chi connectivity index (χ1v) is 9.32. The molecule has 0 aliphatic heterocycles. The van der Waals surface area contributed by atoms with Crippen molar-refractivity contribution in [3.63, 3.8) is 0 Å². The molecule has 2 heterocycles. The molecule has 0 saturated carbocycles. The largest absolute Gasteiger partial charge is 0.459 e. The molecule has 0 fully saturated rings. The van der Waals surface area contributed by atoms with Crippen LogP contribution in [-0.4, -0.2) is 36.7 Å². The summed E-state index contributed by atoms with van der Waals surface area (Å²) >= 11 is 7.28. The molecule has 9 heteroatoms. The van der Waals surface area contributed by atoms with Crippen LogP contribution in [0.15, 0.2) is 53.1 Å². The van der Waals surface area contributed by atoms with Crippen molar-refractivity contribution in [3.8, 4) is 0 Å². The fourth-order valence-corrected chi connectivity index (χ4v) is 3.37. The first-order valence-electron chi connectivity index (χ1n) is 8.12. The first-order chi connectivity index (χ1) is 13.3. The first kappa shape index (κ1) is 19.7. The molecule has 0 atom stereocenters. The Balaban J connectivity index is 1.67. The van der Waals surface area contributed by atoms with Gasteiger partial charge in [0, 0.05) is 19.8 Å². The fourth-order valence-electron chi connectivity index (χ4n) is 2.31. The van der Waals surface area contributed by atoms with Gasteiger partial charge in [-0.05, 0) is 42.5 Å². The summed E-state index contributed by atoms with van der Waals surface area (Å²) in [5, 5.41) is 6.14. The van der Waals surface area contributed by atoms with E-state index >= 15 is 0 Å². The van der Waals surface area contributed by atoms with Gasteiger partial charge in [0.1, 0.15) is 0 Å². The lowest BCUT2D eigenvalue weighted by Gasteiger charge is -2.12. The Labute approximate surface area is 169 Å². The maximum atomic E-state index is 12.4. The van der Waals surface area contributed by atoms with Crippen LogP contribution in [0.2, 0.25) is 5.02 Å². The Morgan fingerprint density at radius 3 is 2.46 bits per heavy atom. The highest BCUT2D eigenvalue weighted by atomic mass is 35.5. The smallest absolute Gasteiger partial charge is 0.291 e. The number of nitrogens with one attached hydrogen (secondary N) is 2. The molecule has 0 unspecified atom stereocenters. The molecule has 7 nitrogen and oxygen atoms in total. The Morgan fingerprint density at radius 1 is 1.04 bits per heavy atom. The number of rotatable bonds is 5. The fraction of sp³-hybridized carbons (Fsp3) is 0.105. The number of thiophene rings is 1. The van der Waals surface area contributed by atoms with E-state index in [1.807, 2.05) is 0 Å². The van der Waals surface area contributed by atoms with Gasteiger partial charge in [0.15, 0.2) is 5.76 Å². The van der Waals surface area contributed by atoms with E-state index in [9.17, 15) is 14.4 Å². The van der Waals surface area contributed by atoms with Gasteiger partial charge in [-0.2, -0.15) is 0 Å². The van der Waals surface area contributed by atoms with Gasteiger partial charge in [-0.1, -0.05) is 11.6 Å². The standard InChI is InChI=1S/C19H16ClN3O4S/c1-23(2)19(26)12-6-5-11(10-13(12)20)21-18(25)15-7-8-16(28-15)22-17(24)14-4-3-9-27-14/h3-10H,1-2H3,(H,21,25)(H,22,24). The van der Waals surface area contributed by atoms with Crippen molar-refractivity contribution in [2.24, 2.45) is 0 Å². The maximum Gasteiger partial charge on any atom is 0.291 e. The van der Waals surface area contributed by atoms with E-state index in [1.165, 1.54) is 17.2 Å². The molecule has 0 bridgehead atoms. The van der Waals surface area contributed by atoms with Crippen molar-refractivity contribution < 1.29 is 18.8 Å². The van der Waals surface area contributed by atoms with Crippen LogP contribution in [0.1, 0.15) is 30.6 Å². The molecule has 3 amide bonds. The van der Waals surface area contributed by atoms with Crippen molar-refractivity contribution in [1.82, 2.24) is 4.90 Å². The monoisotopic (exact) mass is 417 g/mol. The topological polar surface area (TPSA) is 91.7 Å². The predicted octanol–water partition coefficient (Wildman–Crippen LogP) is 4.20. The minimum absolute atomic E-state index is 0.182. The molecule has 0 aliphatic carbocycles. The number of nitrogens with zero attached hydrogens (tertiary/aromatic N) is 1. The van der Waals surface area contributed by atoms with E-state index in [4.69, 9.17) is 16.0 Å². The van der Waals surface area contributed by atoms with Crippen LogP contribution in [-0.2, 0) is 0 Å². The second kappa shape index (κ2) is 8.28. The minimum Gasteiger partial charge on any atom is -0.459 e. The second-order valence-corrected chi connectivity index (χ2v) is 7.43. The molecule has 3 rings (SSSR count). The number of hydrogen-bond acceptors (Lipinski definition) is 5. The third-order valence-electron chi connectivity index (χ3n) is 3.68. The van der Waals surface area contributed by atoms with Crippen LogP contribution in [0.25, 0.3) is 0 Å². The molecule has 28 heavy (non-hydrogen) atoms. The molecular weight excluding hydrogens is 402 g/mol. The van der Waals surface area contributed by atoms with E-state index in [0.29, 0.717) is 21.1 Å². The molecule has 2 aromatic heterocycles. The van der Waals surface area contributed by atoms with Crippen LogP contribution >= 0.6 is 22.9 Å². The van der Waals surface area contributed by atoms with Crippen molar-refractivity contribution in [2.45, 2.75) is 0 Å². The summed E-state index contributed by atoms with van der Waals surface area (Å²) in [6.07, 6.45) is 1.41. The maximum absolute atomic E-state index is 12.4. The van der Waals surface area contributed by atoms with E-state index < -0.39 is 5.91 Å². The zero-order valence-corrected chi connectivity index (χ0v) is 16.6. The Morgan fingerprint density at radius 2 is 1.82 bits per heavy atom. The van der Waals surface area contributed by atoms with E-state index in [2.05, 4.69) is 10.6 Å². The van der Waals surface area contributed by atoms with Crippen molar-refractivity contribution in [1.29, 1.82) is 0 Å². The summed E-state index contributed by atoms with van der Waals surface area (Å²) in [4.78, 5) is 38.2. The highest BCUT2D eigenvalue weighted by molar-refractivity contribution is 7.18. The lowest BCUT2D eigenvalue weighted by Crippen LogP contribution is -2.22. The molecular formula is C19H16ClN3O4S. The zero-order chi connectivity index (χ0) is 20.3. The summed E-state index contributed by atoms with van der Waals surface area (Å²) in [6.45, 7) is 0. The van der Waals surface area contributed by atoms with Crippen LogP contribution in [0.3, 0.4) is 0 Å². The molecule has 1 aromatic carbocycles. The summed E-state index contributed by atoms with van der Waals surface area (Å²) in [6, 6.07) is 11.1. The lowest BCUT2D eigenvalue weighted by atomic mass is 10.2. The number of furan rings is 1. The Bertz CT molecular complexity index is 1030. The number of benzene rings is 1. The van der Waals surface area contributed by atoms with Gasteiger partial charge >= 0.3 is 0 Å². The molecule has 144 valence electrons. The molecule has 0 aliphatic rings. The van der Waals surface area contributed by atoms with Crippen LogP contribution in [0.4, 0.5) is 10.7 Å². The summed E-state index contributed by atoms with van der Waals surface area (Å²) in [5.74, 6) is -0.794. The highest BCUT2D eigenvalue weighted by Crippen LogP contribution is 2.26. The molecule has 0 spiro atoms. The average Bonchev–Trinajstić information content (AvgIpc) is 3.33. The number of carbonyl (C=O) groups excluding carboxylic acids is 3. The molecule has 0 saturated heterocycles. The van der Waals surface area contributed by atoms with Gasteiger partial charge in [0.25, 0.3) is 17.7 Å². The SMILES string of the molecule is CN(C)C(=O)c1ccc(NC(=O)c2ccc(NC(=O)c3ccco3)s2)cc1Cl. The van der Waals surface area contributed by atoms with Gasteiger partial charge in [0.05, 0.1) is 26.7 Å². The number of anilines is 2. The number of hydrogen-bond donors (Lipinski definition) is 2. The van der Waals surface area contributed by atoms with Crippen LogP contribution in [0.5, 0.6) is 0 Å². The Hall–Kier alpha value is -3.10. The number of halogens is 1. The lowest BCUT2D eigenvalue weighted by molar-refractivity contribution is 0.0827. The van der Waals surface area contributed by atoms with E-state index in [0.717, 1.165) is 11.3 Å². The third-order valence-corrected chi connectivity index (χ3v) is 4.99. The zero-order valence-electron chi connectivity index (χ0n) is 15.0. The van der Waals surface area contributed by atoms with Gasteiger partial charge < -0.3 is 20.0 Å².